The van der Waals surface area contributed by atoms with Gasteiger partial charge in [0.2, 0.25) is 5.91 Å². The molecule has 0 aromatic carbocycles. The normalized spacial score (nSPS) is 29.0. The van der Waals surface area contributed by atoms with Gasteiger partial charge in [-0.25, -0.2) is 0 Å². The largest absolute Gasteiger partial charge is 0.384 e. The summed E-state index contributed by atoms with van der Waals surface area (Å²) in [5.74, 6) is 0.648. The van der Waals surface area contributed by atoms with E-state index in [0.717, 1.165) is 32.5 Å². The van der Waals surface area contributed by atoms with Crippen LogP contribution in [0, 0.1) is 11.8 Å². The molecule has 1 aromatic heterocycles. The van der Waals surface area contributed by atoms with Crippen LogP contribution in [0.2, 0.25) is 0 Å². The van der Waals surface area contributed by atoms with E-state index in [1.54, 1.807) is 21.0 Å². The Morgan fingerprint density at radius 3 is 2.92 bits per heavy atom. The molecule has 1 unspecified atom stereocenters. The summed E-state index contributed by atoms with van der Waals surface area (Å²) in [6, 6.07) is 0.373. The first-order chi connectivity index (χ1) is 11.9. The number of rotatable bonds is 7. The standard InChI is InChI=1S/C17H29N5O3/c1-17(2,24)15-11-22(20-19-15)9-13-8-12-4-6-21(13)10-14(12)16(23)18-5-7-25-3/h11-14,24H,4-10H2,1-3H3,(H,18,23)/t12-,13+,14-/m0/s1. The number of nitrogens with zero attached hydrogens (tertiary/aromatic N) is 4. The Morgan fingerprint density at radius 1 is 1.52 bits per heavy atom. The fraction of sp³-hybridized carbons (Fsp3) is 0.824. The Hall–Kier alpha value is -1.51. The lowest BCUT2D eigenvalue weighted by Crippen LogP contribution is -2.58. The molecule has 140 valence electrons. The van der Waals surface area contributed by atoms with Crippen molar-refractivity contribution < 1.29 is 14.6 Å². The number of fused-ring (bicyclic) bond motifs is 3. The van der Waals surface area contributed by atoms with Crippen molar-refractivity contribution in [2.75, 3.05) is 33.4 Å². The highest BCUT2D eigenvalue weighted by atomic mass is 16.5. The lowest BCUT2D eigenvalue weighted by molar-refractivity contribution is -0.133. The third-order valence-electron chi connectivity index (χ3n) is 5.38. The smallest absolute Gasteiger partial charge is 0.224 e. The van der Waals surface area contributed by atoms with Crippen molar-refractivity contribution in [3.63, 3.8) is 0 Å². The first-order valence-corrected chi connectivity index (χ1v) is 9.02. The number of aliphatic hydroxyl groups is 1. The number of carbonyl (C=O) groups is 1. The number of hydrogen-bond donors (Lipinski definition) is 2. The molecule has 0 aliphatic carbocycles. The zero-order valence-corrected chi connectivity index (χ0v) is 15.3. The quantitative estimate of drug-likeness (QED) is 0.671. The average Bonchev–Trinajstić information content (AvgIpc) is 3.04. The number of methoxy groups -OCH3 is 1. The lowest BCUT2D eigenvalue weighted by atomic mass is 9.75. The second kappa shape index (κ2) is 7.39. The van der Waals surface area contributed by atoms with Gasteiger partial charge in [0.25, 0.3) is 0 Å². The zero-order valence-electron chi connectivity index (χ0n) is 15.3. The molecule has 25 heavy (non-hydrogen) atoms. The van der Waals surface area contributed by atoms with Crippen molar-refractivity contribution in [2.24, 2.45) is 11.8 Å². The van der Waals surface area contributed by atoms with E-state index in [1.807, 2.05) is 10.9 Å². The average molecular weight is 351 g/mol. The fourth-order valence-electron chi connectivity index (χ4n) is 3.92. The molecule has 8 heteroatoms. The molecule has 4 rings (SSSR count). The summed E-state index contributed by atoms with van der Waals surface area (Å²) >= 11 is 0. The third-order valence-corrected chi connectivity index (χ3v) is 5.38. The first kappa shape index (κ1) is 18.3. The van der Waals surface area contributed by atoms with E-state index in [-0.39, 0.29) is 11.8 Å². The van der Waals surface area contributed by atoms with Crippen molar-refractivity contribution in [1.82, 2.24) is 25.2 Å². The molecule has 2 N–H and O–H groups in total. The highest BCUT2D eigenvalue weighted by Gasteiger charge is 2.43. The van der Waals surface area contributed by atoms with Crippen molar-refractivity contribution in [1.29, 1.82) is 0 Å². The van der Waals surface area contributed by atoms with E-state index in [4.69, 9.17) is 4.74 Å². The monoisotopic (exact) mass is 351 g/mol. The van der Waals surface area contributed by atoms with Gasteiger partial charge < -0.3 is 15.2 Å². The van der Waals surface area contributed by atoms with Crippen LogP contribution in [0.15, 0.2) is 6.20 Å². The molecule has 8 nitrogen and oxygen atoms in total. The predicted octanol–water partition coefficient (Wildman–Crippen LogP) is -0.0215. The minimum absolute atomic E-state index is 0.0736. The Morgan fingerprint density at radius 2 is 2.32 bits per heavy atom. The fourth-order valence-corrected chi connectivity index (χ4v) is 3.92. The van der Waals surface area contributed by atoms with E-state index < -0.39 is 5.60 Å². The van der Waals surface area contributed by atoms with Crippen LogP contribution in [0.25, 0.3) is 0 Å². The van der Waals surface area contributed by atoms with Crippen molar-refractivity contribution >= 4 is 5.91 Å². The molecule has 4 heterocycles. The van der Waals surface area contributed by atoms with Gasteiger partial charge in [-0.2, -0.15) is 0 Å². The van der Waals surface area contributed by atoms with Crippen LogP contribution < -0.4 is 5.32 Å². The van der Waals surface area contributed by atoms with E-state index in [2.05, 4.69) is 20.5 Å². The maximum Gasteiger partial charge on any atom is 0.224 e. The first-order valence-electron chi connectivity index (χ1n) is 9.02. The summed E-state index contributed by atoms with van der Waals surface area (Å²) in [6.07, 6.45) is 3.89. The third kappa shape index (κ3) is 4.19. The summed E-state index contributed by atoms with van der Waals surface area (Å²) in [6.45, 7) is 7.12. The summed E-state index contributed by atoms with van der Waals surface area (Å²) in [5, 5.41) is 21.2. The number of aromatic nitrogens is 3. The predicted molar refractivity (Wildman–Crippen MR) is 91.7 cm³/mol. The molecule has 2 bridgehead atoms. The highest BCUT2D eigenvalue weighted by molar-refractivity contribution is 5.79. The van der Waals surface area contributed by atoms with E-state index in [1.165, 1.54) is 0 Å². The van der Waals surface area contributed by atoms with Gasteiger partial charge in [0.05, 0.1) is 25.3 Å². The Kier molecular flexibility index (Phi) is 5.41. The van der Waals surface area contributed by atoms with Crippen LogP contribution in [0.3, 0.4) is 0 Å². The number of ether oxygens (including phenoxy) is 1. The summed E-state index contributed by atoms with van der Waals surface area (Å²) in [5.41, 5.74) is -0.394. The molecule has 1 amide bonds. The van der Waals surface area contributed by atoms with Gasteiger partial charge in [0.1, 0.15) is 11.3 Å². The molecule has 1 aromatic rings. The number of piperidine rings is 3. The van der Waals surface area contributed by atoms with Crippen LogP contribution in [-0.2, 0) is 21.7 Å². The molecule has 4 atom stereocenters. The Bertz CT molecular complexity index is 597. The van der Waals surface area contributed by atoms with Crippen LogP contribution in [0.5, 0.6) is 0 Å². The minimum atomic E-state index is -0.977. The molecule has 3 fully saturated rings. The van der Waals surface area contributed by atoms with Crippen molar-refractivity contribution in [3.05, 3.63) is 11.9 Å². The molecule has 3 aliphatic rings. The van der Waals surface area contributed by atoms with E-state index >= 15 is 0 Å². The molecule has 0 saturated carbocycles. The summed E-state index contributed by atoms with van der Waals surface area (Å²) < 4.78 is 6.80. The molecular formula is C17H29N5O3. The van der Waals surface area contributed by atoms with E-state index in [9.17, 15) is 9.90 Å². The van der Waals surface area contributed by atoms with Crippen LogP contribution in [-0.4, -0.2) is 70.3 Å². The number of carbonyl (C=O) groups excluding carboxylic acids is 1. The SMILES string of the molecule is COCCNC(=O)[C@H]1CN2CC[C@H]1C[C@@H]2Cn1cc(C(C)(C)O)nn1. The number of amides is 1. The topological polar surface area (TPSA) is 92.5 Å². The Labute approximate surface area is 148 Å². The molecule has 0 radical (unpaired) electrons. The van der Waals surface area contributed by atoms with Gasteiger partial charge in [0, 0.05) is 26.2 Å². The maximum atomic E-state index is 12.4. The van der Waals surface area contributed by atoms with Crippen molar-refractivity contribution in [2.45, 2.75) is 44.9 Å². The van der Waals surface area contributed by atoms with Gasteiger partial charge in [-0.3, -0.25) is 14.4 Å². The molecule has 3 aliphatic heterocycles. The number of hydrogen-bond acceptors (Lipinski definition) is 6. The molecule has 0 spiro atoms. The van der Waals surface area contributed by atoms with E-state index in [0.29, 0.717) is 30.8 Å². The Balaban J connectivity index is 1.57. The van der Waals surface area contributed by atoms with Crippen LogP contribution in [0.1, 0.15) is 32.4 Å². The maximum absolute atomic E-state index is 12.4. The van der Waals surface area contributed by atoms with Gasteiger partial charge in [-0.05, 0) is 39.2 Å². The molecule has 3 saturated heterocycles. The molecular weight excluding hydrogens is 322 g/mol. The minimum Gasteiger partial charge on any atom is -0.384 e. The van der Waals surface area contributed by atoms with Gasteiger partial charge in [-0.1, -0.05) is 5.21 Å². The number of nitrogens with one attached hydrogen (secondary N) is 1. The highest BCUT2D eigenvalue weighted by Crippen LogP contribution is 2.37. The van der Waals surface area contributed by atoms with Crippen LogP contribution >= 0.6 is 0 Å². The summed E-state index contributed by atoms with van der Waals surface area (Å²) in [7, 11) is 1.64. The van der Waals surface area contributed by atoms with Gasteiger partial charge in [0.15, 0.2) is 0 Å². The summed E-state index contributed by atoms with van der Waals surface area (Å²) in [4.78, 5) is 14.8. The van der Waals surface area contributed by atoms with Crippen LogP contribution in [0.4, 0.5) is 0 Å². The lowest BCUT2D eigenvalue weighted by Gasteiger charge is -2.49. The van der Waals surface area contributed by atoms with Gasteiger partial charge in [-0.15, -0.1) is 5.10 Å². The second-order valence-corrected chi connectivity index (χ2v) is 7.71. The van der Waals surface area contributed by atoms with Crippen molar-refractivity contribution in [3.8, 4) is 0 Å². The second-order valence-electron chi connectivity index (χ2n) is 7.71. The van der Waals surface area contributed by atoms with Gasteiger partial charge >= 0.3 is 0 Å². The zero-order chi connectivity index (χ0) is 18.0.